The van der Waals surface area contributed by atoms with E-state index in [1.54, 1.807) is 31.2 Å². The molecule has 0 radical (unpaired) electrons. The lowest BCUT2D eigenvalue weighted by molar-refractivity contribution is -0.128. The van der Waals surface area contributed by atoms with Gasteiger partial charge in [-0.1, -0.05) is 46.8 Å². The molecule has 1 atom stereocenters. The number of carbonyl (C=O) groups is 3. The highest BCUT2D eigenvalue weighted by Crippen LogP contribution is 2.24. The molecule has 0 aliphatic carbocycles. The first-order valence-electron chi connectivity index (χ1n) is 10.7. The summed E-state index contributed by atoms with van der Waals surface area (Å²) in [6.07, 6.45) is -0.371. The SMILES string of the molecule is CC(C)CC(=O)Nc1ccc(C(=O)NNC(=O)C(C)Oc2ccc(C(C)(C)C)cc2)cc1. The van der Waals surface area contributed by atoms with Gasteiger partial charge >= 0.3 is 0 Å². The van der Waals surface area contributed by atoms with Crippen molar-refractivity contribution in [3.05, 3.63) is 59.7 Å². The van der Waals surface area contributed by atoms with Crippen molar-refractivity contribution in [3.63, 3.8) is 0 Å². The molecule has 3 N–H and O–H groups in total. The molecular weight excluding hydrogens is 406 g/mol. The molecule has 32 heavy (non-hydrogen) atoms. The van der Waals surface area contributed by atoms with Gasteiger partial charge in [0.05, 0.1) is 0 Å². The minimum atomic E-state index is -0.797. The molecule has 7 nitrogen and oxygen atoms in total. The lowest BCUT2D eigenvalue weighted by atomic mass is 9.87. The Morgan fingerprint density at radius 1 is 0.875 bits per heavy atom. The number of carbonyl (C=O) groups excluding carboxylic acids is 3. The number of anilines is 1. The highest BCUT2D eigenvalue weighted by atomic mass is 16.5. The molecule has 0 aromatic heterocycles. The van der Waals surface area contributed by atoms with Crippen LogP contribution in [-0.4, -0.2) is 23.8 Å². The number of hydrogen-bond acceptors (Lipinski definition) is 4. The van der Waals surface area contributed by atoms with Gasteiger partial charge in [-0.2, -0.15) is 0 Å². The van der Waals surface area contributed by atoms with Crippen molar-refractivity contribution in [3.8, 4) is 5.75 Å². The zero-order valence-corrected chi connectivity index (χ0v) is 19.6. The molecule has 0 saturated heterocycles. The Morgan fingerprint density at radius 3 is 2.00 bits per heavy atom. The highest BCUT2D eigenvalue weighted by molar-refractivity contribution is 5.97. The maximum atomic E-state index is 12.3. The summed E-state index contributed by atoms with van der Waals surface area (Å²) in [5.74, 6) is -0.192. The van der Waals surface area contributed by atoms with Crippen LogP contribution in [0.25, 0.3) is 0 Å². The van der Waals surface area contributed by atoms with E-state index >= 15 is 0 Å². The summed E-state index contributed by atoms with van der Waals surface area (Å²) in [4.78, 5) is 36.4. The Hall–Kier alpha value is -3.35. The molecule has 0 aliphatic rings. The van der Waals surface area contributed by atoms with E-state index in [0.717, 1.165) is 0 Å². The van der Waals surface area contributed by atoms with E-state index in [4.69, 9.17) is 4.74 Å². The van der Waals surface area contributed by atoms with Gasteiger partial charge < -0.3 is 10.1 Å². The van der Waals surface area contributed by atoms with Gasteiger partial charge in [0.1, 0.15) is 5.75 Å². The fraction of sp³-hybridized carbons (Fsp3) is 0.400. The van der Waals surface area contributed by atoms with Crippen molar-refractivity contribution in [2.45, 2.75) is 59.5 Å². The molecule has 0 aliphatic heterocycles. The molecule has 0 fully saturated rings. The number of amides is 3. The summed E-state index contributed by atoms with van der Waals surface area (Å²) in [7, 11) is 0. The minimum Gasteiger partial charge on any atom is -0.481 e. The predicted octanol–water partition coefficient (Wildman–Crippen LogP) is 4.20. The van der Waals surface area contributed by atoms with Crippen molar-refractivity contribution in [1.29, 1.82) is 0 Å². The van der Waals surface area contributed by atoms with Crippen molar-refractivity contribution in [2.75, 3.05) is 5.32 Å². The Bertz CT molecular complexity index is 929. The fourth-order valence-electron chi connectivity index (χ4n) is 2.87. The maximum absolute atomic E-state index is 12.3. The Balaban J connectivity index is 1.84. The van der Waals surface area contributed by atoms with Gasteiger partial charge in [-0.25, -0.2) is 0 Å². The van der Waals surface area contributed by atoms with E-state index in [9.17, 15) is 14.4 Å². The van der Waals surface area contributed by atoms with Gasteiger partial charge in [0.25, 0.3) is 11.8 Å². The lowest BCUT2D eigenvalue weighted by Crippen LogP contribution is -2.47. The quantitative estimate of drug-likeness (QED) is 0.564. The summed E-state index contributed by atoms with van der Waals surface area (Å²) in [6.45, 7) is 11.9. The van der Waals surface area contributed by atoms with Crippen LogP contribution >= 0.6 is 0 Å². The van der Waals surface area contributed by atoms with E-state index in [1.807, 2.05) is 38.1 Å². The third-order valence-corrected chi connectivity index (χ3v) is 4.73. The van der Waals surface area contributed by atoms with Crippen LogP contribution in [-0.2, 0) is 15.0 Å². The molecule has 0 spiro atoms. The van der Waals surface area contributed by atoms with Gasteiger partial charge in [0, 0.05) is 17.7 Å². The van der Waals surface area contributed by atoms with Crippen molar-refractivity contribution < 1.29 is 19.1 Å². The fourth-order valence-corrected chi connectivity index (χ4v) is 2.87. The molecule has 3 amide bonds. The molecule has 7 heteroatoms. The number of ether oxygens (including phenoxy) is 1. The van der Waals surface area contributed by atoms with Crippen LogP contribution in [0.1, 0.15) is 63.9 Å². The van der Waals surface area contributed by atoms with Crippen LogP contribution in [0.4, 0.5) is 5.69 Å². The standard InChI is InChI=1S/C25H33N3O4/c1-16(2)15-22(29)26-20-11-7-18(8-12-20)24(31)28-27-23(30)17(3)32-21-13-9-19(10-14-21)25(4,5)6/h7-14,16-17H,15H2,1-6H3,(H,26,29)(H,27,30)(H,28,31). The molecule has 2 aromatic rings. The number of benzene rings is 2. The van der Waals surface area contributed by atoms with E-state index in [-0.39, 0.29) is 17.2 Å². The number of rotatable bonds is 7. The van der Waals surface area contributed by atoms with Crippen LogP contribution in [0.3, 0.4) is 0 Å². The van der Waals surface area contributed by atoms with Gasteiger partial charge in [0.15, 0.2) is 6.10 Å². The maximum Gasteiger partial charge on any atom is 0.279 e. The molecule has 2 aromatic carbocycles. The van der Waals surface area contributed by atoms with E-state index in [2.05, 4.69) is 36.9 Å². The van der Waals surface area contributed by atoms with Crippen LogP contribution in [0.2, 0.25) is 0 Å². The average molecular weight is 440 g/mol. The van der Waals surface area contributed by atoms with E-state index in [1.165, 1.54) is 5.56 Å². The minimum absolute atomic E-state index is 0.0314. The second-order valence-corrected chi connectivity index (χ2v) is 9.20. The van der Waals surface area contributed by atoms with Gasteiger partial charge in [-0.15, -0.1) is 0 Å². The van der Waals surface area contributed by atoms with Gasteiger partial charge in [-0.3, -0.25) is 25.2 Å². The second kappa shape index (κ2) is 10.8. The normalized spacial score (nSPS) is 12.1. The average Bonchev–Trinajstić information content (AvgIpc) is 2.71. The molecular formula is C25H33N3O4. The van der Waals surface area contributed by atoms with Crippen LogP contribution < -0.4 is 20.9 Å². The third-order valence-electron chi connectivity index (χ3n) is 4.73. The van der Waals surface area contributed by atoms with E-state index < -0.39 is 17.9 Å². The Kier molecular flexibility index (Phi) is 8.41. The largest absolute Gasteiger partial charge is 0.481 e. The molecule has 2 rings (SSSR count). The second-order valence-electron chi connectivity index (χ2n) is 9.20. The number of nitrogens with one attached hydrogen (secondary N) is 3. The Labute approximate surface area is 189 Å². The lowest BCUT2D eigenvalue weighted by Gasteiger charge is -2.20. The first-order chi connectivity index (χ1) is 15.0. The van der Waals surface area contributed by atoms with Crippen LogP contribution in [0.5, 0.6) is 5.75 Å². The van der Waals surface area contributed by atoms with Crippen molar-refractivity contribution in [2.24, 2.45) is 5.92 Å². The first kappa shape index (κ1) is 24.9. The predicted molar refractivity (Wildman–Crippen MR) is 125 cm³/mol. The number of hydrogen-bond donors (Lipinski definition) is 3. The zero-order chi connectivity index (χ0) is 23.9. The molecule has 0 heterocycles. The van der Waals surface area contributed by atoms with Gasteiger partial charge in [-0.05, 0) is 60.2 Å². The third kappa shape index (κ3) is 7.72. The monoisotopic (exact) mass is 439 g/mol. The summed E-state index contributed by atoms with van der Waals surface area (Å²) in [5, 5.41) is 2.78. The van der Waals surface area contributed by atoms with E-state index in [0.29, 0.717) is 23.4 Å². The Morgan fingerprint density at radius 2 is 1.47 bits per heavy atom. The highest BCUT2D eigenvalue weighted by Gasteiger charge is 2.17. The summed E-state index contributed by atoms with van der Waals surface area (Å²) >= 11 is 0. The molecule has 1 unspecified atom stereocenters. The number of hydrazine groups is 1. The first-order valence-corrected chi connectivity index (χ1v) is 10.7. The smallest absolute Gasteiger partial charge is 0.279 e. The van der Waals surface area contributed by atoms with Crippen LogP contribution in [0.15, 0.2) is 48.5 Å². The molecule has 0 saturated carbocycles. The summed E-state index contributed by atoms with van der Waals surface area (Å²) < 4.78 is 5.66. The van der Waals surface area contributed by atoms with Gasteiger partial charge in [0.2, 0.25) is 5.91 Å². The van der Waals surface area contributed by atoms with Crippen molar-refractivity contribution in [1.82, 2.24) is 10.9 Å². The topological polar surface area (TPSA) is 96.5 Å². The molecule has 0 bridgehead atoms. The van der Waals surface area contributed by atoms with Crippen molar-refractivity contribution >= 4 is 23.4 Å². The zero-order valence-electron chi connectivity index (χ0n) is 19.6. The molecule has 172 valence electrons. The van der Waals surface area contributed by atoms with Crippen LogP contribution in [0, 0.1) is 5.92 Å². The summed E-state index contributed by atoms with van der Waals surface area (Å²) in [6, 6.07) is 14.0. The summed E-state index contributed by atoms with van der Waals surface area (Å²) in [5.41, 5.74) is 6.90.